The first-order valence-electron chi connectivity index (χ1n) is 9.39. The van der Waals surface area contributed by atoms with Gasteiger partial charge in [-0.1, -0.05) is 19.8 Å². The molecule has 158 valence electrons. The maximum atomic E-state index is 12.7. The molecule has 1 aromatic rings. The van der Waals surface area contributed by atoms with Gasteiger partial charge in [0.05, 0.1) is 11.3 Å². The van der Waals surface area contributed by atoms with Crippen molar-refractivity contribution in [3.63, 3.8) is 0 Å². The molecular weight excluding hydrogens is 395 g/mol. The largest absolute Gasteiger partial charge is 0.417 e. The lowest BCUT2D eigenvalue weighted by Crippen LogP contribution is -2.39. The van der Waals surface area contributed by atoms with Gasteiger partial charge in [0.2, 0.25) is 5.91 Å². The fraction of sp³-hybridized carbons (Fsp3) is 0.667. The van der Waals surface area contributed by atoms with E-state index in [1.165, 1.54) is 11.0 Å². The van der Waals surface area contributed by atoms with Crippen molar-refractivity contribution in [2.24, 2.45) is 0 Å². The fourth-order valence-electron chi connectivity index (χ4n) is 3.06. The summed E-state index contributed by atoms with van der Waals surface area (Å²) in [6.07, 6.45) is -0.776. The minimum atomic E-state index is -4.43. The van der Waals surface area contributed by atoms with Gasteiger partial charge in [-0.2, -0.15) is 13.2 Å². The Morgan fingerprint density at radius 1 is 1.14 bits per heavy atom. The first-order valence-corrected chi connectivity index (χ1v) is 11.2. The first-order chi connectivity index (χ1) is 13.1. The summed E-state index contributed by atoms with van der Waals surface area (Å²) in [7, 11) is -3.42. The van der Waals surface area contributed by atoms with Gasteiger partial charge in [0.15, 0.2) is 9.84 Å². The fourth-order valence-corrected chi connectivity index (χ4v) is 4.41. The first kappa shape index (κ1) is 22.4. The van der Waals surface area contributed by atoms with E-state index >= 15 is 0 Å². The van der Waals surface area contributed by atoms with Gasteiger partial charge in [-0.15, -0.1) is 0 Å². The number of aromatic nitrogens is 1. The molecule has 2 rings (SSSR count). The molecule has 0 bridgehead atoms. The van der Waals surface area contributed by atoms with Crippen molar-refractivity contribution >= 4 is 21.6 Å². The van der Waals surface area contributed by atoms with Crippen LogP contribution in [0.25, 0.3) is 0 Å². The van der Waals surface area contributed by atoms with E-state index in [1.54, 1.807) is 0 Å². The van der Waals surface area contributed by atoms with Crippen LogP contribution in [0.4, 0.5) is 19.0 Å². The molecule has 1 aliphatic heterocycles. The molecule has 1 aliphatic rings. The topological polar surface area (TPSA) is 70.6 Å². The molecule has 10 heteroatoms. The molecule has 28 heavy (non-hydrogen) atoms. The van der Waals surface area contributed by atoms with Gasteiger partial charge in [-0.05, 0) is 25.0 Å². The van der Waals surface area contributed by atoms with Gasteiger partial charge < -0.3 is 9.80 Å². The van der Waals surface area contributed by atoms with Crippen LogP contribution >= 0.6 is 0 Å². The van der Waals surface area contributed by atoms with Gasteiger partial charge in [0, 0.05) is 32.4 Å². The van der Waals surface area contributed by atoms with Crippen LogP contribution in [0.1, 0.15) is 38.2 Å². The van der Waals surface area contributed by atoms with E-state index in [2.05, 4.69) is 4.98 Å². The van der Waals surface area contributed by atoms with Crippen molar-refractivity contribution < 1.29 is 26.4 Å². The zero-order valence-corrected chi connectivity index (χ0v) is 16.7. The van der Waals surface area contributed by atoms with Gasteiger partial charge in [-0.25, -0.2) is 13.4 Å². The highest BCUT2D eigenvalue weighted by Crippen LogP contribution is 2.29. The molecule has 1 amide bonds. The Hall–Kier alpha value is -1.84. The van der Waals surface area contributed by atoms with Crippen molar-refractivity contribution in [2.45, 2.75) is 38.8 Å². The Bertz CT molecular complexity index is 752. The second kappa shape index (κ2) is 9.58. The quantitative estimate of drug-likeness (QED) is 0.633. The van der Waals surface area contributed by atoms with E-state index in [0.717, 1.165) is 25.1 Å². The van der Waals surface area contributed by atoms with Gasteiger partial charge in [0.1, 0.15) is 11.6 Å². The molecule has 1 saturated heterocycles. The van der Waals surface area contributed by atoms with Crippen molar-refractivity contribution in [1.82, 2.24) is 9.88 Å². The SMILES string of the molecule is CCCCCS(=O)(=O)CC(=O)N1CCCN(c2ccc(C(F)(F)F)cn2)CC1. The van der Waals surface area contributed by atoms with E-state index in [0.29, 0.717) is 44.8 Å². The smallest absolute Gasteiger partial charge is 0.355 e. The van der Waals surface area contributed by atoms with E-state index in [9.17, 15) is 26.4 Å². The number of anilines is 1. The third-order valence-electron chi connectivity index (χ3n) is 4.65. The van der Waals surface area contributed by atoms with Gasteiger partial charge in [0.25, 0.3) is 0 Å². The average molecular weight is 421 g/mol. The summed E-state index contributed by atoms with van der Waals surface area (Å²) in [4.78, 5) is 19.6. The Labute approximate surface area is 163 Å². The predicted molar refractivity (Wildman–Crippen MR) is 101 cm³/mol. The van der Waals surface area contributed by atoms with Gasteiger partial charge in [-0.3, -0.25) is 4.79 Å². The maximum Gasteiger partial charge on any atom is 0.417 e. The summed E-state index contributed by atoms with van der Waals surface area (Å²) in [5.74, 6) is -0.481. The molecule has 0 N–H and O–H groups in total. The number of amides is 1. The number of carbonyl (C=O) groups excluding carboxylic acids is 1. The van der Waals surface area contributed by atoms with E-state index in [1.807, 2.05) is 11.8 Å². The second-order valence-electron chi connectivity index (χ2n) is 6.92. The number of pyridine rings is 1. The van der Waals surface area contributed by atoms with E-state index < -0.39 is 33.2 Å². The van der Waals surface area contributed by atoms with Crippen LogP contribution in [-0.2, 0) is 20.8 Å². The van der Waals surface area contributed by atoms with Crippen LogP contribution in [0.5, 0.6) is 0 Å². The number of halogens is 3. The maximum absolute atomic E-state index is 12.7. The average Bonchev–Trinajstić information content (AvgIpc) is 2.87. The molecule has 2 heterocycles. The lowest BCUT2D eigenvalue weighted by atomic mass is 10.2. The Morgan fingerprint density at radius 2 is 1.89 bits per heavy atom. The van der Waals surface area contributed by atoms with Crippen LogP contribution in [0, 0.1) is 0 Å². The number of unbranched alkanes of at least 4 members (excludes halogenated alkanes) is 2. The molecule has 0 aliphatic carbocycles. The van der Waals surface area contributed by atoms with E-state index in [4.69, 9.17) is 0 Å². The lowest BCUT2D eigenvalue weighted by molar-refractivity contribution is -0.137. The highest BCUT2D eigenvalue weighted by Gasteiger charge is 2.31. The van der Waals surface area contributed by atoms with Crippen LogP contribution in [0.15, 0.2) is 18.3 Å². The number of sulfone groups is 1. The van der Waals surface area contributed by atoms with Crippen LogP contribution < -0.4 is 4.90 Å². The molecule has 0 spiro atoms. The molecule has 0 radical (unpaired) electrons. The van der Waals surface area contributed by atoms with Crippen LogP contribution in [0.3, 0.4) is 0 Å². The van der Waals surface area contributed by atoms with Crippen molar-refractivity contribution in [1.29, 1.82) is 0 Å². The number of carbonyl (C=O) groups is 1. The predicted octanol–water partition coefficient (Wildman–Crippen LogP) is 2.74. The van der Waals surface area contributed by atoms with Crippen LogP contribution in [-0.4, -0.2) is 61.9 Å². The summed E-state index contributed by atoms with van der Waals surface area (Å²) in [5, 5.41) is 0. The highest BCUT2D eigenvalue weighted by molar-refractivity contribution is 7.92. The normalized spacial score (nSPS) is 16.1. The van der Waals surface area contributed by atoms with Crippen LogP contribution in [0.2, 0.25) is 0 Å². The summed E-state index contributed by atoms with van der Waals surface area (Å²) in [5.41, 5.74) is -0.809. The molecule has 6 nitrogen and oxygen atoms in total. The minimum absolute atomic E-state index is 0.0159. The standard InChI is InChI=1S/C18H26F3N3O3S/c1-2-3-4-12-28(26,27)14-17(25)24-9-5-8-23(10-11-24)16-7-6-15(13-22-16)18(19,20)21/h6-7,13H,2-5,8-12,14H2,1H3. The zero-order valence-electron chi connectivity index (χ0n) is 15.9. The summed E-state index contributed by atoms with van der Waals surface area (Å²) < 4.78 is 62.1. The van der Waals surface area contributed by atoms with Gasteiger partial charge >= 0.3 is 6.18 Å². The van der Waals surface area contributed by atoms with Crippen molar-refractivity contribution in [2.75, 3.05) is 42.6 Å². The monoisotopic (exact) mass is 421 g/mol. The summed E-state index contributed by atoms with van der Waals surface area (Å²) >= 11 is 0. The number of hydrogen-bond acceptors (Lipinski definition) is 5. The third-order valence-corrected chi connectivity index (χ3v) is 6.25. The molecule has 0 aromatic carbocycles. The molecular formula is C18H26F3N3O3S. The number of alkyl halides is 3. The van der Waals surface area contributed by atoms with Crippen molar-refractivity contribution in [3.05, 3.63) is 23.9 Å². The number of rotatable bonds is 7. The molecule has 1 aromatic heterocycles. The second-order valence-corrected chi connectivity index (χ2v) is 9.11. The highest BCUT2D eigenvalue weighted by atomic mass is 32.2. The number of hydrogen-bond donors (Lipinski definition) is 0. The summed E-state index contributed by atoms with van der Waals surface area (Å²) in [6.45, 7) is 3.63. The Kier molecular flexibility index (Phi) is 7.68. The Morgan fingerprint density at radius 3 is 2.50 bits per heavy atom. The molecule has 1 fully saturated rings. The minimum Gasteiger partial charge on any atom is -0.355 e. The molecule has 0 saturated carbocycles. The third kappa shape index (κ3) is 6.65. The lowest BCUT2D eigenvalue weighted by Gasteiger charge is -2.23. The van der Waals surface area contributed by atoms with Crippen molar-refractivity contribution in [3.8, 4) is 0 Å². The Balaban J connectivity index is 1.93. The number of nitrogens with zero attached hydrogens (tertiary/aromatic N) is 3. The summed E-state index contributed by atoms with van der Waals surface area (Å²) in [6, 6.07) is 2.30. The zero-order chi connectivity index (χ0) is 20.8. The molecule has 0 unspecified atom stereocenters. The van der Waals surface area contributed by atoms with E-state index in [-0.39, 0.29) is 5.75 Å². The molecule has 0 atom stereocenters.